The summed E-state index contributed by atoms with van der Waals surface area (Å²) < 4.78 is 1.21. The number of carbonyl (C=O) groups is 1. The smallest absolute Gasteiger partial charge is 0.331 e. The molecule has 0 amide bonds. The van der Waals surface area contributed by atoms with Gasteiger partial charge in [-0.1, -0.05) is 5.21 Å². The van der Waals surface area contributed by atoms with Crippen LogP contribution in [0.4, 0.5) is 0 Å². The van der Waals surface area contributed by atoms with Crippen molar-refractivity contribution in [2.24, 2.45) is 0 Å². The van der Waals surface area contributed by atoms with Crippen molar-refractivity contribution >= 4 is 5.97 Å². The first-order valence-corrected chi connectivity index (χ1v) is 3.74. The normalized spacial score (nSPS) is 11.6. The first-order chi connectivity index (χ1) is 5.98. The molecule has 1 heterocycles. The van der Waals surface area contributed by atoms with Crippen molar-refractivity contribution in [3.8, 4) is 0 Å². The Morgan fingerprint density at radius 3 is 2.69 bits per heavy atom. The highest BCUT2D eigenvalue weighted by atomic mass is 16.4. The molecule has 0 radical (unpaired) electrons. The molecule has 0 saturated heterocycles. The van der Waals surface area contributed by atoms with Crippen LogP contribution in [0.25, 0.3) is 0 Å². The van der Waals surface area contributed by atoms with Crippen LogP contribution in [0.5, 0.6) is 0 Å². The lowest BCUT2D eigenvalue weighted by atomic mass is 10.1. The zero-order valence-electron chi connectivity index (χ0n) is 7.43. The fraction of sp³-hybridized carbons (Fsp3) is 0.571. The predicted octanol–water partition coefficient (Wildman–Crippen LogP) is -0.410. The van der Waals surface area contributed by atoms with E-state index in [4.69, 9.17) is 10.2 Å². The molecule has 13 heavy (non-hydrogen) atoms. The van der Waals surface area contributed by atoms with Gasteiger partial charge in [-0.15, -0.1) is 5.10 Å². The van der Waals surface area contributed by atoms with Gasteiger partial charge in [0.25, 0.3) is 0 Å². The van der Waals surface area contributed by atoms with Gasteiger partial charge in [0.05, 0.1) is 12.8 Å². The van der Waals surface area contributed by atoms with E-state index in [1.165, 1.54) is 24.7 Å². The minimum absolute atomic E-state index is 0.240. The summed E-state index contributed by atoms with van der Waals surface area (Å²) in [4.78, 5) is 10.8. The number of carboxylic acid groups (broad SMARTS) is 1. The topological polar surface area (TPSA) is 88.2 Å². The Labute approximate surface area is 74.8 Å². The number of hydrogen-bond donors (Lipinski definition) is 2. The van der Waals surface area contributed by atoms with E-state index in [0.29, 0.717) is 5.69 Å². The molecule has 0 aliphatic carbocycles. The molecule has 6 nitrogen and oxygen atoms in total. The maximum atomic E-state index is 10.8. The summed E-state index contributed by atoms with van der Waals surface area (Å²) >= 11 is 0. The first kappa shape index (κ1) is 9.66. The zero-order chi connectivity index (χ0) is 10.1. The number of aliphatic hydroxyl groups is 1. The van der Waals surface area contributed by atoms with Crippen LogP contribution in [0.15, 0.2) is 6.20 Å². The van der Waals surface area contributed by atoms with Crippen molar-refractivity contribution in [2.45, 2.75) is 26.0 Å². The number of carboxylic acids is 1. The molecule has 0 fully saturated rings. The van der Waals surface area contributed by atoms with E-state index in [1.807, 2.05) is 0 Å². The summed E-state index contributed by atoms with van der Waals surface area (Å²) in [6.07, 6.45) is 1.41. The zero-order valence-corrected chi connectivity index (χ0v) is 7.43. The Morgan fingerprint density at radius 2 is 2.31 bits per heavy atom. The second-order valence-electron chi connectivity index (χ2n) is 3.18. The maximum absolute atomic E-state index is 10.8. The van der Waals surface area contributed by atoms with Gasteiger partial charge in [-0.2, -0.15) is 0 Å². The van der Waals surface area contributed by atoms with E-state index in [9.17, 15) is 4.79 Å². The molecule has 1 rings (SSSR count). The van der Waals surface area contributed by atoms with Crippen molar-refractivity contribution in [3.05, 3.63) is 11.9 Å². The van der Waals surface area contributed by atoms with Crippen LogP contribution >= 0.6 is 0 Å². The van der Waals surface area contributed by atoms with Crippen LogP contribution in [-0.2, 0) is 16.9 Å². The second-order valence-corrected chi connectivity index (χ2v) is 3.18. The number of aliphatic carboxylic acids is 1. The van der Waals surface area contributed by atoms with Crippen LogP contribution in [0.3, 0.4) is 0 Å². The van der Waals surface area contributed by atoms with Crippen LogP contribution in [-0.4, -0.2) is 31.2 Å². The van der Waals surface area contributed by atoms with Crippen LogP contribution in [0.1, 0.15) is 19.5 Å². The lowest BCUT2D eigenvalue weighted by Crippen LogP contribution is -2.36. The third-order valence-corrected chi connectivity index (χ3v) is 1.80. The Kier molecular flexibility index (Phi) is 2.33. The van der Waals surface area contributed by atoms with Crippen molar-refractivity contribution in [2.75, 3.05) is 0 Å². The number of aromatic nitrogens is 3. The van der Waals surface area contributed by atoms with E-state index < -0.39 is 11.5 Å². The Balaban J connectivity index is 3.00. The van der Waals surface area contributed by atoms with Crippen LogP contribution in [0, 0.1) is 0 Å². The lowest BCUT2D eigenvalue weighted by molar-refractivity contribution is -0.146. The molecular weight excluding hydrogens is 174 g/mol. The SMILES string of the molecule is CC(C)(C(=O)O)n1cc(CO)nn1. The fourth-order valence-electron chi connectivity index (χ4n) is 0.742. The van der Waals surface area contributed by atoms with Crippen molar-refractivity contribution in [1.82, 2.24) is 15.0 Å². The van der Waals surface area contributed by atoms with E-state index in [2.05, 4.69) is 10.3 Å². The van der Waals surface area contributed by atoms with Gasteiger partial charge in [-0.25, -0.2) is 9.48 Å². The molecule has 6 heteroatoms. The van der Waals surface area contributed by atoms with Gasteiger partial charge in [-0.3, -0.25) is 0 Å². The van der Waals surface area contributed by atoms with Gasteiger partial charge in [0.15, 0.2) is 5.54 Å². The molecular formula is C7H11N3O3. The number of aliphatic hydroxyl groups excluding tert-OH is 1. The van der Waals surface area contributed by atoms with E-state index in [-0.39, 0.29) is 6.61 Å². The molecule has 0 aromatic carbocycles. The number of hydrogen-bond acceptors (Lipinski definition) is 4. The molecule has 0 spiro atoms. The molecule has 0 bridgehead atoms. The average molecular weight is 185 g/mol. The minimum atomic E-state index is -1.14. The minimum Gasteiger partial charge on any atom is -0.479 e. The Morgan fingerprint density at radius 1 is 1.69 bits per heavy atom. The summed E-state index contributed by atoms with van der Waals surface area (Å²) in [5.41, 5.74) is -0.783. The summed E-state index contributed by atoms with van der Waals surface area (Å²) in [5, 5.41) is 24.7. The maximum Gasteiger partial charge on any atom is 0.331 e. The van der Waals surface area contributed by atoms with Gasteiger partial charge >= 0.3 is 5.97 Å². The van der Waals surface area contributed by atoms with Crippen LogP contribution < -0.4 is 0 Å². The highest BCUT2D eigenvalue weighted by molar-refractivity contribution is 5.75. The Bertz CT molecular complexity index is 319. The molecule has 0 unspecified atom stereocenters. The third kappa shape index (κ3) is 1.67. The summed E-state index contributed by atoms with van der Waals surface area (Å²) in [6, 6.07) is 0. The molecule has 0 aliphatic rings. The van der Waals surface area contributed by atoms with Gasteiger partial charge < -0.3 is 10.2 Å². The molecule has 1 aromatic rings. The Hall–Kier alpha value is -1.43. The number of nitrogens with zero attached hydrogens (tertiary/aromatic N) is 3. The monoisotopic (exact) mass is 185 g/mol. The molecule has 72 valence electrons. The molecule has 0 aliphatic heterocycles. The van der Waals surface area contributed by atoms with E-state index >= 15 is 0 Å². The summed E-state index contributed by atoms with van der Waals surface area (Å²) in [7, 11) is 0. The largest absolute Gasteiger partial charge is 0.479 e. The van der Waals surface area contributed by atoms with Crippen LogP contribution in [0.2, 0.25) is 0 Å². The molecule has 0 atom stereocenters. The molecule has 0 saturated carbocycles. The first-order valence-electron chi connectivity index (χ1n) is 3.74. The van der Waals surface area contributed by atoms with Gasteiger partial charge in [0.1, 0.15) is 5.69 Å². The quantitative estimate of drug-likeness (QED) is 0.668. The lowest BCUT2D eigenvalue weighted by Gasteiger charge is -2.18. The van der Waals surface area contributed by atoms with Crippen molar-refractivity contribution in [1.29, 1.82) is 0 Å². The summed E-state index contributed by atoms with van der Waals surface area (Å²) in [5.74, 6) is -0.998. The third-order valence-electron chi connectivity index (χ3n) is 1.80. The number of rotatable bonds is 3. The highest BCUT2D eigenvalue weighted by Crippen LogP contribution is 2.13. The predicted molar refractivity (Wildman–Crippen MR) is 42.9 cm³/mol. The average Bonchev–Trinajstić information content (AvgIpc) is 2.51. The molecule has 2 N–H and O–H groups in total. The van der Waals surface area contributed by atoms with Gasteiger partial charge in [-0.05, 0) is 13.8 Å². The second kappa shape index (κ2) is 3.14. The van der Waals surface area contributed by atoms with Crippen molar-refractivity contribution < 1.29 is 15.0 Å². The van der Waals surface area contributed by atoms with Gasteiger partial charge in [0, 0.05) is 0 Å². The summed E-state index contributed by atoms with van der Waals surface area (Å²) in [6.45, 7) is 2.77. The fourth-order valence-corrected chi connectivity index (χ4v) is 0.742. The van der Waals surface area contributed by atoms with E-state index in [1.54, 1.807) is 0 Å². The standard InChI is InChI=1S/C7H11N3O3/c1-7(2,6(12)13)10-3-5(4-11)8-9-10/h3,11H,4H2,1-2H3,(H,12,13). The highest BCUT2D eigenvalue weighted by Gasteiger charge is 2.30. The van der Waals surface area contributed by atoms with Crippen molar-refractivity contribution in [3.63, 3.8) is 0 Å². The van der Waals surface area contributed by atoms with E-state index in [0.717, 1.165) is 0 Å². The molecule has 1 aromatic heterocycles. The van der Waals surface area contributed by atoms with Gasteiger partial charge in [0.2, 0.25) is 0 Å².